The first-order valence-corrected chi connectivity index (χ1v) is 6.00. The molecule has 0 saturated carbocycles. The fourth-order valence-electron chi connectivity index (χ4n) is 1.77. The van der Waals surface area contributed by atoms with Gasteiger partial charge in [-0.25, -0.2) is 4.39 Å². The van der Waals surface area contributed by atoms with Crippen molar-refractivity contribution in [2.45, 2.75) is 6.92 Å². The molecule has 106 valence electrons. The number of rotatable bonds is 4. The van der Waals surface area contributed by atoms with Gasteiger partial charge in [0.2, 0.25) is 0 Å². The molecule has 4 nitrogen and oxygen atoms in total. The Morgan fingerprint density at radius 1 is 0.900 bits per heavy atom. The van der Waals surface area contributed by atoms with E-state index >= 15 is 0 Å². The highest BCUT2D eigenvalue weighted by Crippen LogP contribution is 2.38. The SMILES string of the molecule is COc1cc(N)c(Oc2cc(F)ccc2C)cc1OC. The number of ether oxygens (including phenoxy) is 3. The van der Waals surface area contributed by atoms with Crippen LogP contribution in [0.5, 0.6) is 23.0 Å². The van der Waals surface area contributed by atoms with E-state index in [1.807, 2.05) is 6.92 Å². The predicted molar refractivity (Wildman–Crippen MR) is 75.2 cm³/mol. The quantitative estimate of drug-likeness (QED) is 0.869. The van der Waals surface area contributed by atoms with Crippen molar-refractivity contribution in [3.8, 4) is 23.0 Å². The number of anilines is 1. The van der Waals surface area contributed by atoms with Crippen LogP contribution in [0.2, 0.25) is 0 Å². The van der Waals surface area contributed by atoms with Gasteiger partial charge in [0.1, 0.15) is 11.6 Å². The molecule has 2 aromatic rings. The maximum atomic E-state index is 13.3. The van der Waals surface area contributed by atoms with E-state index in [4.69, 9.17) is 19.9 Å². The second kappa shape index (κ2) is 5.69. The number of hydrogen-bond acceptors (Lipinski definition) is 4. The largest absolute Gasteiger partial charge is 0.493 e. The molecule has 2 rings (SSSR count). The molecule has 0 aliphatic carbocycles. The lowest BCUT2D eigenvalue weighted by atomic mass is 10.2. The van der Waals surface area contributed by atoms with Crippen LogP contribution in [-0.2, 0) is 0 Å². The van der Waals surface area contributed by atoms with Crippen LogP contribution in [0, 0.1) is 12.7 Å². The number of hydrogen-bond donors (Lipinski definition) is 1. The van der Waals surface area contributed by atoms with E-state index in [9.17, 15) is 4.39 Å². The van der Waals surface area contributed by atoms with Crippen molar-refractivity contribution in [3.05, 3.63) is 41.7 Å². The maximum Gasteiger partial charge on any atom is 0.164 e. The molecule has 0 radical (unpaired) electrons. The molecule has 0 fully saturated rings. The van der Waals surface area contributed by atoms with E-state index in [1.54, 1.807) is 18.2 Å². The Morgan fingerprint density at radius 2 is 1.55 bits per heavy atom. The van der Waals surface area contributed by atoms with Gasteiger partial charge < -0.3 is 19.9 Å². The summed E-state index contributed by atoms with van der Waals surface area (Å²) in [6.45, 7) is 1.83. The van der Waals surface area contributed by atoms with Gasteiger partial charge in [-0.05, 0) is 18.6 Å². The average molecular weight is 277 g/mol. The zero-order chi connectivity index (χ0) is 14.7. The van der Waals surface area contributed by atoms with Crippen LogP contribution >= 0.6 is 0 Å². The third kappa shape index (κ3) is 2.77. The van der Waals surface area contributed by atoms with E-state index in [0.29, 0.717) is 28.7 Å². The molecule has 20 heavy (non-hydrogen) atoms. The molecule has 0 atom stereocenters. The third-order valence-electron chi connectivity index (χ3n) is 2.89. The van der Waals surface area contributed by atoms with Gasteiger partial charge in [-0.15, -0.1) is 0 Å². The van der Waals surface area contributed by atoms with E-state index in [-0.39, 0.29) is 5.82 Å². The monoisotopic (exact) mass is 277 g/mol. The number of methoxy groups -OCH3 is 2. The van der Waals surface area contributed by atoms with Crippen LogP contribution in [0.3, 0.4) is 0 Å². The fraction of sp³-hybridized carbons (Fsp3) is 0.200. The van der Waals surface area contributed by atoms with Crippen LogP contribution in [-0.4, -0.2) is 14.2 Å². The highest BCUT2D eigenvalue weighted by molar-refractivity contribution is 5.63. The Kier molecular flexibility index (Phi) is 3.98. The van der Waals surface area contributed by atoms with E-state index in [0.717, 1.165) is 5.56 Å². The molecule has 2 aromatic carbocycles. The van der Waals surface area contributed by atoms with Gasteiger partial charge in [0.05, 0.1) is 19.9 Å². The highest BCUT2D eigenvalue weighted by atomic mass is 19.1. The van der Waals surface area contributed by atoms with Crippen LogP contribution in [0.25, 0.3) is 0 Å². The molecule has 0 heterocycles. The predicted octanol–water partition coefficient (Wildman–Crippen LogP) is 3.53. The van der Waals surface area contributed by atoms with Crippen LogP contribution in [0.1, 0.15) is 5.56 Å². The molecular formula is C15H16FNO3. The topological polar surface area (TPSA) is 53.7 Å². The zero-order valence-electron chi connectivity index (χ0n) is 11.6. The summed E-state index contributed by atoms with van der Waals surface area (Å²) >= 11 is 0. The Bertz CT molecular complexity index is 629. The Hall–Kier alpha value is -2.43. The summed E-state index contributed by atoms with van der Waals surface area (Å²) in [5.41, 5.74) is 7.09. The first-order valence-electron chi connectivity index (χ1n) is 6.00. The van der Waals surface area contributed by atoms with Gasteiger partial charge in [0.15, 0.2) is 17.2 Å². The summed E-state index contributed by atoms with van der Waals surface area (Å²) in [6, 6.07) is 7.54. The van der Waals surface area contributed by atoms with Crippen molar-refractivity contribution in [1.29, 1.82) is 0 Å². The van der Waals surface area contributed by atoms with E-state index in [1.165, 1.54) is 26.4 Å². The summed E-state index contributed by atoms with van der Waals surface area (Å²) in [7, 11) is 3.04. The molecule has 5 heteroatoms. The Morgan fingerprint density at radius 3 is 2.20 bits per heavy atom. The number of aryl methyl sites for hydroxylation is 1. The van der Waals surface area contributed by atoms with Crippen LogP contribution < -0.4 is 19.9 Å². The smallest absolute Gasteiger partial charge is 0.164 e. The zero-order valence-corrected chi connectivity index (χ0v) is 11.6. The Labute approximate surface area is 116 Å². The van der Waals surface area contributed by atoms with Gasteiger partial charge >= 0.3 is 0 Å². The molecular weight excluding hydrogens is 261 g/mol. The lowest BCUT2D eigenvalue weighted by molar-refractivity contribution is 0.352. The van der Waals surface area contributed by atoms with Gasteiger partial charge in [0.25, 0.3) is 0 Å². The molecule has 0 unspecified atom stereocenters. The first-order chi connectivity index (χ1) is 9.55. The van der Waals surface area contributed by atoms with Crippen LogP contribution in [0.4, 0.5) is 10.1 Å². The molecule has 0 aliphatic heterocycles. The van der Waals surface area contributed by atoms with Crippen LogP contribution in [0.15, 0.2) is 30.3 Å². The Balaban J connectivity index is 2.40. The molecule has 0 spiro atoms. The molecule has 0 amide bonds. The molecule has 0 saturated heterocycles. The lowest BCUT2D eigenvalue weighted by Gasteiger charge is -2.14. The molecule has 0 bridgehead atoms. The minimum absolute atomic E-state index is 0.371. The highest BCUT2D eigenvalue weighted by Gasteiger charge is 2.12. The van der Waals surface area contributed by atoms with Crippen molar-refractivity contribution in [3.63, 3.8) is 0 Å². The third-order valence-corrected chi connectivity index (χ3v) is 2.89. The number of nitrogens with two attached hydrogens (primary N) is 1. The van der Waals surface area contributed by atoms with Crippen molar-refractivity contribution in [2.24, 2.45) is 0 Å². The van der Waals surface area contributed by atoms with Crippen molar-refractivity contribution < 1.29 is 18.6 Å². The summed E-state index contributed by atoms with van der Waals surface area (Å²) in [6.07, 6.45) is 0. The average Bonchev–Trinajstić information content (AvgIpc) is 2.44. The summed E-state index contributed by atoms with van der Waals surface area (Å²) in [4.78, 5) is 0. The summed E-state index contributed by atoms with van der Waals surface area (Å²) < 4.78 is 29.3. The minimum Gasteiger partial charge on any atom is -0.493 e. The van der Waals surface area contributed by atoms with Gasteiger partial charge in [0, 0.05) is 18.2 Å². The van der Waals surface area contributed by atoms with Crippen molar-refractivity contribution in [1.82, 2.24) is 0 Å². The minimum atomic E-state index is -0.371. The molecule has 0 aliphatic rings. The van der Waals surface area contributed by atoms with Crippen molar-refractivity contribution >= 4 is 5.69 Å². The molecule has 0 aromatic heterocycles. The van der Waals surface area contributed by atoms with Gasteiger partial charge in [-0.3, -0.25) is 0 Å². The van der Waals surface area contributed by atoms with Gasteiger partial charge in [-0.1, -0.05) is 6.07 Å². The normalized spacial score (nSPS) is 10.2. The van der Waals surface area contributed by atoms with E-state index < -0.39 is 0 Å². The van der Waals surface area contributed by atoms with Gasteiger partial charge in [-0.2, -0.15) is 0 Å². The van der Waals surface area contributed by atoms with E-state index in [2.05, 4.69) is 0 Å². The lowest BCUT2D eigenvalue weighted by Crippen LogP contribution is -1.97. The van der Waals surface area contributed by atoms with Crippen molar-refractivity contribution in [2.75, 3.05) is 20.0 Å². The number of benzene rings is 2. The number of halogens is 1. The number of nitrogen functional groups attached to an aromatic ring is 1. The fourth-order valence-corrected chi connectivity index (χ4v) is 1.77. The first kappa shape index (κ1) is 14.0. The second-order valence-electron chi connectivity index (χ2n) is 4.26. The summed E-state index contributed by atoms with van der Waals surface area (Å²) in [5, 5.41) is 0. The molecule has 2 N–H and O–H groups in total. The maximum absolute atomic E-state index is 13.3. The summed E-state index contributed by atoms with van der Waals surface area (Å²) in [5.74, 6) is 1.42. The standard InChI is InChI=1S/C15H16FNO3/c1-9-4-5-10(16)6-12(9)20-13-8-15(19-3)14(18-2)7-11(13)17/h4-8H,17H2,1-3H3. The second-order valence-corrected chi connectivity index (χ2v) is 4.26.